The van der Waals surface area contributed by atoms with Crippen molar-refractivity contribution in [3.05, 3.63) is 108 Å². The Morgan fingerprint density at radius 2 is 1.26 bits per heavy atom. The summed E-state index contributed by atoms with van der Waals surface area (Å²) in [4.78, 5) is 25.8. The minimum absolute atomic E-state index is 0.217. The number of benzene rings is 3. The van der Waals surface area contributed by atoms with Crippen molar-refractivity contribution in [2.45, 2.75) is 103 Å². The van der Waals surface area contributed by atoms with Gasteiger partial charge in [-0.25, -0.2) is 0 Å². The molecule has 0 aliphatic carbocycles. The molecule has 6 atom stereocenters. The molecule has 0 aromatic heterocycles. The van der Waals surface area contributed by atoms with Gasteiger partial charge in [0.1, 0.15) is 30.7 Å². The zero-order valence-electron chi connectivity index (χ0n) is 28.1. The topological polar surface area (TPSA) is 80.3 Å². The first kappa shape index (κ1) is 35.7. The van der Waals surface area contributed by atoms with E-state index in [0.29, 0.717) is 13.2 Å². The zero-order valence-corrected chi connectivity index (χ0v) is 29.1. The molecule has 1 saturated heterocycles. The average molecular weight is 647 g/mol. The molecule has 0 N–H and O–H groups in total. The van der Waals surface area contributed by atoms with Crippen molar-refractivity contribution in [2.75, 3.05) is 6.61 Å². The second-order valence-electron chi connectivity index (χ2n) is 13.8. The zero-order chi connectivity index (χ0) is 33.2. The van der Waals surface area contributed by atoms with E-state index in [0.717, 1.165) is 23.0 Å². The van der Waals surface area contributed by atoms with Crippen molar-refractivity contribution < 1.29 is 33.3 Å². The van der Waals surface area contributed by atoms with Crippen molar-refractivity contribution in [3.63, 3.8) is 0 Å². The first-order valence-corrected chi connectivity index (χ1v) is 19.2. The summed E-state index contributed by atoms with van der Waals surface area (Å²) in [5, 5.41) is -0.235. The summed E-state index contributed by atoms with van der Waals surface area (Å²) in [5.41, 5.74) is 2.81. The van der Waals surface area contributed by atoms with Gasteiger partial charge >= 0.3 is 0 Å². The molecule has 1 aliphatic rings. The number of hydrogen-bond donors (Lipinski definition) is 0. The van der Waals surface area contributed by atoms with Gasteiger partial charge in [0.05, 0.1) is 26.4 Å². The maximum Gasteiger partial charge on any atom is 0.272 e. The van der Waals surface area contributed by atoms with E-state index >= 15 is 0 Å². The number of aldehydes is 1. The molecule has 0 saturated carbocycles. The third-order valence-electron chi connectivity index (χ3n) is 9.29. The second-order valence-corrected chi connectivity index (χ2v) is 18.9. The highest BCUT2D eigenvalue weighted by molar-refractivity contribution is 7.05. The quantitative estimate of drug-likeness (QED) is 0.122. The van der Waals surface area contributed by atoms with Gasteiger partial charge in [-0.05, 0) is 27.6 Å². The van der Waals surface area contributed by atoms with Crippen LogP contribution in [-0.2, 0) is 48.3 Å². The van der Waals surface area contributed by atoms with Crippen LogP contribution < -0.4 is 0 Å². The lowest BCUT2D eigenvalue weighted by atomic mass is 9.87. The first-order valence-electron chi connectivity index (χ1n) is 16.2. The molecule has 0 unspecified atom stereocenters. The summed E-state index contributed by atoms with van der Waals surface area (Å²) in [5.74, 6) is -0.246. The van der Waals surface area contributed by atoms with Gasteiger partial charge in [-0.1, -0.05) is 132 Å². The molecule has 248 valence electrons. The van der Waals surface area contributed by atoms with Crippen LogP contribution in [0, 0.1) is 5.92 Å². The molecule has 1 aliphatic heterocycles. The summed E-state index contributed by atoms with van der Waals surface area (Å²) in [6, 6.07) is 29.8. The van der Waals surface area contributed by atoms with E-state index in [9.17, 15) is 9.59 Å². The molecule has 0 radical (unpaired) electrons. The van der Waals surface area contributed by atoms with E-state index in [1.807, 2.05) is 111 Å². The molecular weight excluding hydrogens is 596 g/mol. The van der Waals surface area contributed by atoms with Gasteiger partial charge in [0.15, 0.2) is 14.2 Å². The van der Waals surface area contributed by atoms with Gasteiger partial charge in [0.2, 0.25) is 0 Å². The first-order chi connectivity index (χ1) is 22.0. The van der Waals surface area contributed by atoms with E-state index < -0.39 is 38.6 Å². The lowest BCUT2D eigenvalue weighted by molar-refractivity contribution is -0.267. The van der Waals surface area contributed by atoms with Crippen molar-refractivity contribution in [3.8, 4) is 0 Å². The predicted molar refractivity (Wildman–Crippen MR) is 182 cm³/mol. The van der Waals surface area contributed by atoms with E-state index in [2.05, 4.69) is 20.8 Å². The third-order valence-corrected chi connectivity index (χ3v) is 14.2. The van der Waals surface area contributed by atoms with Crippen LogP contribution in [0.5, 0.6) is 0 Å². The number of hydrogen-bond acceptors (Lipinski definition) is 7. The minimum atomic E-state index is -2.57. The number of ether oxygens (including phenoxy) is 5. The van der Waals surface area contributed by atoms with Gasteiger partial charge in [0, 0.05) is 6.42 Å². The Morgan fingerprint density at radius 1 is 0.783 bits per heavy atom. The Kier molecular flexibility index (Phi) is 12.9. The SMILES string of the molecule is C[C@@H](CC=O)[C@@H]1O[C@H](COCc2ccccc2)[C@@H](OCc2ccccc2)[C@H](OCc2ccccc2)[C@H]1OC(=O)[Si](C)(C)C(C)(C)C. The van der Waals surface area contributed by atoms with Crippen molar-refractivity contribution >= 4 is 20.0 Å². The van der Waals surface area contributed by atoms with Gasteiger partial charge in [-0.2, -0.15) is 0 Å². The highest BCUT2D eigenvalue weighted by atomic mass is 28.3. The molecule has 4 rings (SSSR count). The second kappa shape index (κ2) is 16.6. The Bertz CT molecular complexity index is 1340. The maximum absolute atomic E-state index is 14.0. The van der Waals surface area contributed by atoms with E-state index in [4.69, 9.17) is 23.7 Å². The maximum atomic E-state index is 14.0. The molecular formula is C38H50O7Si. The molecule has 7 nitrogen and oxygen atoms in total. The fraction of sp³-hybridized carbons (Fsp3) is 0.474. The van der Waals surface area contributed by atoms with Gasteiger partial charge in [-0.3, -0.25) is 4.79 Å². The molecule has 0 bridgehead atoms. The Hall–Kier alpha value is -3.14. The monoisotopic (exact) mass is 646 g/mol. The summed E-state index contributed by atoms with van der Waals surface area (Å²) in [6.45, 7) is 13.5. The third kappa shape index (κ3) is 9.45. The summed E-state index contributed by atoms with van der Waals surface area (Å²) >= 11 is 0. The van der Waals surface area contributed by atoms with Crippen LogP contribution in [0.1, 0.15) is 50.8 Å². The van der Waals surface area contributed by atoms with Crippen molar-refractivity contribution in [2.24, 2.45) is 5.92 Å². The standard InChI is InChI=1S/C38H50O7Si/c1-28(22-23-39)33-36(45-37(40)46(5,6)38(2,3)4)35(43-26-31-20-14-9-15-21-31)34(42-25-30-18-12-8-13-19-30)32(44-33)27-41-24-29-16-10-7-11-17-29/h7-21,23,28,32-36H,22,24-27H2,1-6H3/t28-,32+,33-,34+,35-,36-/m0/s1. The highest BCUT2D eigenvalue weighted by Gasteiger charge is 2.53. The summed E-state index contributed by atoms with van der Waals surface area (Å²) < 4.78 is 32.9. The molecule has 3 aromatic carbocycles. The molecule has 3 aromatic rings. The molecule has 0 amide bonds. The van der Waals surface area contributed by atoms with Crippen LogP contribution in [0.25, 0.3) is 0 Å². The van der Waals surface area contributed by atoms with Gasteiger partial charge < -0.3 is 28.5 Å². The Morgan fingerprint density at radius 3 is 1.74 bits per heavy atom. The van der Waals surface area contributed by atoms with Crippen LogP contribution in [0.15, 0.2) is 91.0 Å². The lowest BCUT2D eigenvalue weighted by Crippen LogP contribution is -2.64. The molecule has 46 heavy (non-hydrogen) atoms. The van der Waals surface area contributed by atoms with Crippen molar-refractivity contribution in [1.29, 1.82) is 0 Å². The van der Waals surface area contributed by atoms with Crippen LogP contribution in [0.2, 0.25) is 18.1 Å². The van der Waals surface area contributed by atoms with E-state index in [1.54, 1.807) is 0 Å². The van der Waals surface area contributed by atoms with Crippen molar-refractivity contribution in [1.82, 2.24) is 0 Å². The molecule has 0 spiro atoms. The van der Waals surface area contributed by atoms with Crippen LogP contribution >= 0.6 is 0 Å². The fourth-order valence-electron chi connectivity index (χ4n) is 5.32. The normalized spacial score (nSPS) is 22.6. The minimum Gasteiger partial charge on any atom is -0.461 e. The number of rotatable bonds is 15. The largest absolute Gasteiger partial charge is 0.461 e. The Labute approximate surface area is 275 Å². The fourth-order valence-corrected chi connectivity index (χ4v) is 6.37. The van der Waals surface area contributed by atoms with E-state index in [-0.39, 0.29) is 36.2 Å². The van der Waals surface area contributed by atoms with Gasteiger partial charge in [-0.15, -0.1) is 0 Å². The summed E-state index contributed by atoms with van der Waals surface area (Å²) in [6.07, 6.45) is -2.13. The number of carbonyl (C=O) groups is 2. The molecule has 8 heteroatoms. The van der Waals surface area contributed by atoms with Crippen LogP contribution in [0.3, 0.4) is 0 Å². The van der Waals surface area contributed by atoms with Crippen LogP contribution in [0.4, 0.5) is 4.79 Å². The van der Waals surface area contributed by atoms with Gasteiger partial charge in [0.25, 0.3) is 5.59 Å². The Balaban J connectivity index is 1.71. The van der Waals surface area contributed by atoms with E-state index in [1.165, 1.54) is 0 Å². The highest BCUT2D eigenvalue weighted by Crippen LogP contribution is 2.40. The lowest BCUT2D eigenvalue weighted by Gasteiger charge is -2.48. The number of carbonyl (C=O) groups excluding carboxylic acids is 2. The smallest absolute Gasteiger partial charge is 0.272 e. The van der Waals surface area contributed by atoms with Crippen LogP contribution in [-0.4, -0.2) is 57.1 Å². The molecule has 1 fully saturated rings. The predicted octanol–water partition coefficient (Wildman–Crippen LogP) is 7.96. The molecule has 1 heterocycles. The summed E-state index contributed by atoms with van der Waals surface area (Å²) in [7, 11) is -2.57. The average Bonchev–Trinajstić information content (AvgIpc) is 3.04.